The van der Waals surface area contributed by atoms with Crippen molar-refractivity contribution in [3.63, 3.8) is 0 Å². The zero-order valence-electron chi connectivity index (χ0n) is 17.4. The monoisotopic (exact) mass is 408 g/mol. The third-order valence-corrected chi connectivity index (χ3v) is 6.22. The van der Waals surface area contributed by atoms with Crippen LogP contribution in [0.2, 0.25) is 0 Å². The summed E-state index contributed by atoms with van der Waals surface area (Å²) in [7, 11) is 0. The highest BCUT2D eigenvalue weighted by Gasteiger charge is 2.24. The molecule has 1 aromatic carbocycles. The van der Waals surface area contributed by atoms with Gasteiger partial charge in [0.2, 0.25) is 0 Å². The lowest BCUT2D eigenvalue weighted by molar-refractivity contribution is -0.102. The smallest absolute Gasteiger partial charge is 0.197 e. The molecule has 0 saturated carbocycles. The second-order valence-corrected chi connectivity index (χ2v) is 8.16. The summed E-state index contributed by atoms with van der Waals surface area (Å²) < 4.78 is 19.3. The van der Waals surface area contributed by atoms with E-state index in [0.29, 0.717) is 32.3 Å². The largest absolute Gasteiger partial charge is 0.476 e. The van der Waals surface area contributed by atoms with Crippen LogP contribution in [-0.4, -0.2) is 50.2 Å². The highest BCUT2D eigenvalue weighted by Crippen LogP contribution is 2.35. The van der Waals surface area contributed by atoms with Gasteiger partial charge >= 0.3 is 0 Å². The molecule has 1 aromatic heterocycles. The van der Waals surface area contributed by atoms with Gasteiger partial charge in [0.1, 0.15) is 12.7 Å². The third kappa shape index (κ3) is 3.71. The van der Waals surface area contributed by atoms with E-state index in [2.05, 4.69) is 34.2 Å². The first kappa shape index (κ1) is 19.5. The number of benzene rings is 1. The molecule has 6 nitrogen and oxygen atoms in total. The van der Waals surface area contributed by atoms with Gasteiger partial charge in [-0.3, -0.25) is 4.79 Å². The van der Waals surface area contributed by atoms with Crippen molar-refractivity contribution in [2.45, 2.75) is 32.4 Å². The first-order valence-electron chi connectivity index (χ1n) is 10.8. The van der Waals surface area contributed by atoms with Crippen LogP contribution in [0.15, 0.2) is 35.1 Å². The summed E-state index contributed by atoms with van der Waals surface area (Å²) in [6, 6.07) is 8.28. The van der Waals surface area contributed by atoms with Gasteiger partial charge in [-0.05, 0) is 43.0 Å². The predicted molar refractivity (Wildman–Crippen MR) is 116 cm³/mol. The first-order valence-corrected chi connectivity index (χ1v) is 10.8. The number of nitrogens with zero attached hydrogens (tertiary/aromatic N) is 1. The Balaban J connectivity index is 1.48. The van der Waals surface area contributed by atoms with Gasteiger partial charge in [0.05, 0.1) is 25.5 Å². The zero-order chi connectivity index (χ0) is 20.5. The van der Waals surface area contributed by atoms with Crippen molar-refractivity contribution in [3.05, 3.63) is 57.3 Å². The van der Waals surface area contributed by atoms with Gasteiger partial charge < -0.3 is 24.1 Å². The van der Waals surface area contributed by atoms with E-state index in [9.17, 15) is 4.79 Å². The number of hydrogen-bond donors (Lipinski definition) is 1. The van der Waals surface area contributed by atoms with Gasteiger partial charge in [0.25, 0.3) is 0 Å². The molecule has 1 fully saturated rings. The SMILES string of the molecule is Cc1c2n(c(OCC3COCCO3)cc1=O)CCc1cc(C3=CCNCC3)ccc1-2. The van der Waals surface area contributed by atoms with Gasteiger partial charge in [0, 0.05) is 30.3 Å². The molecule has 1 N–H and O–H groups in total. The van der Waals surface area contributed by atoms with Crippen LogP contribution in [-0.2, 0) is 22.4 Å². The summed E-state index contributed by atoms with van der Waals surface area (Å²) in [5.74, 6) is 0.616. The second kappa shape index (κ2) is 8.38. The topological polar surface area (TPSA) is 61.7 Å². The Bertz CT molecular complexity index is 1030. The Kier molecular flexibility index (Phi) is 5.46. The van der Waals surface area contributed by atoms with Crippen molar-refractivity contribution in [1.82, 2.24) is 9.88 Å². The van der Waals surface area contributed by atoms with Crippen LogP contribution in [0.3, 0.4) is 0 Å². The molecule has 3 aliphatic heterocycles. The van der Waals surface area contributed by atoms with Crippen molar-refractivity contribution in [2.75, 3.05) is 39.5 Å². The summed E-state index contributed by atoms with van der Waals surface area (Å²) in [4.78, 5) is 12.7. The van der Waals surface area contributed by atoms with Crippen LogP contribution in [0.25, 0.3) is 16.8 Å². The van der Waals surface area contributed by atoms with E-state index >= 15 is 0 Å². The van der Waals surface area contributed by atoms with Crippen molar-refractivity contribution in [2.24, 2.45) is 0 Å². The normalized spacial score (nSPS) is 20.8. The van der Waals surface area contributed by atoms with Gasteiger partial charge in [-0.2, -0.15) is 0 Å². The standard InChI is InChI=1S/C24H28N2O4/c1-16-22(27)13-23(30-15-20-14-28-10-11-29-20)26-9-6-19-12-18(2-3-21(19)24(16)26)17-4-7-25-8-5-17/h2-4,12-13,20,25H,5-11,14-15H2,1H3. The van der Waals surface area contributed by atoms with E-state index < -0.39 is 0 Å². The Labute approximate surface area is 176 Å². The summed E-state index contributed by atoms with van der Waals surface area (Å²) >= 11 is 0. The van der Waals surface area contributed by atoms with E-state index in [0.717, 1.165) is 49.3 Å². The molecule has 0 spiro atoms. The van der Waals surface area contributed by atoms with Crippen LogP contribution in [0.4, 0.5) is 0 Å². The molecule has 0 radical (unpaired) electrons. The minimum absolute atomic E-state index is 0.00931. The number of nitrogens with one attached hydrogen (secondary N) is 1. The van der Waals surface area contributed by atoms with Gasteiger partial charge in [-0.15, -0.1) is 0 Å². The second-order valence-electron chi connectivity index (χ2n) is 8.16. The fourth-order valence-corrected chi connectivity index (χ4v) is 4.58. The highest BCUT2D eigenvalue weighted by atomic mass is 16.6. The van der Waals surface area contributed by atoms with Crippen molar-refractivity contribution < 1.29 is 14.2 Å². The van der Waals surface area contributed by atoms with E-state index in [1.807, 2.05) is 6.92 Å². The predicted octanol–water partition coefficient (Wildman–Crippen LogP) is 2.55. The van der Waals surface area contributed by atoms with Crippen LogP contribution in [0, 0.1) is 6.92 Å². The Morgan fingerprint density at radius 2 is 2.17 bits per heavy atom. The maximum absolute atomic E-state index is 12.7. The number of ether oxygens (including phenoxy) is 3. The van der Waals surface area contributed by atoms with E-state index in [-0.39, 0.29) is 11.5 Å². The number of hydrogen-bond acceptors (Lipinski definition) is 5. The fourth-order valence-electron chi connectivity index (χ4n) is 4.58. The molecule has 4 heterocycles. The lowest BCUT2D eigenvalue weighted by Crippen LogP contribution is -2.34. The molecule has 2 aromatic rings. The average molecular weight is 408 g/mol. The minimum Gasteiger partial charge on any atom is -0.476 e. The number of rotatable bonds is 4. The molecule has 6 heteroatoms. The summed E-state index contributed by atoms with van der Waals surface area (Å²) in [5.41, 5.74) is 6.90. The quantitative estimate of drug-likeness (QED) is 0.843. The highest BCUT2D eigenvalue weighted by molar-refractivity contribution is 5.75. The Morgan fingerprint density at radius 3 is 2.97 bits per heavy atom. The molecule has 1 unspecified atom stereocenters. The molecule has 5 rings (SSSR count). The number of aryl methyl sites for hydroxylation is 1. The first-order chi connectivity index (χ1) is 14.7. The maximum atomic E-state index is 12.7. The van der Waals surface area contributed by atoms with Crippen LogP contribution >= 0.6 is 0 Å². The van der Waals surface area contributed by atoms with Crippen molar-refractivity contribution in [1.29, 1.82) is 0 Å². The van der Waals surface area contributed by atoms with Gasteiger partial charge in [-0.1, -0.05) is 24.3 Å². The number of fused-ring (bicyclic) bond motifs is 3. The molecule has 1 atom stereocenters. The van der Waals surface area contributed by atoms with Crippen molar-refractivity contribution >= 4 is 5.57 Å². The average Bonchev–Trinajstić information content (AvgIpc) is 2.81. The van der Waals surface area contributed by atoms with Crippen LogP contribution in [0.1, 0.15) is 23.1 Å². The summed E-state index contributed by atoms with van der Waals surface area (Å²) in [6.07, 6.45) is 4.16. The Morgan fingerprint density at radius 1 is 1.23 bits per heavy atom. The molecule has 158 valence electrons. The number of pyridine rings is 1. The maximum Gasteiger partial charge on any atom is 0.197 e. The van der Waals surface area contributed by atoms with Crippen LogP contribution in [0.5, 0.6) is 5.88 Å². The van der Waals surface area contributed by atoms with E-state index in [1.54, 1.807) is 6.07 Å². The lowest BCUT2D eigenvalue weighted by atomic mass is 9.90. The van der Waals surface area contributed by atoms with E-state index in [4.69, 9.17) is 14.2 Å². The van der Waals surface area contributed by atoms with Gasteiger partial charge in [-0.25, -0.2) is 0 Å². The molecule has 3 aliphatic rings. The molecular weight excluding hydrogens is 380 g/mol. The van der Waals surface area contributed by atoms with Crippen molar-refractivity contribution in [3.8, 4) is 17.1 Å². The Hall–Kier alpha value is -2.41. The molecular formula is C24H28N2O4. The number of aromatic nitrogens is 1. The minimum atomic E-state index is -0.0944. The molecule has 0 aliphatic carbocycles. The lowest BCUT2D eigenvalue weighted by Gasteiger charge is -2.28. The fraction of sp³-hybridized carbons (Fsp3) is 0.458. The molecule has 0 bridgehead atoms. The zero-order valence-corrected chi connectivity index (χ0v) is 17.4. The van der Waals surface area contributed by atoms with E-state index in [1.165, 1.54) is 16.7 Å². The molecule has 1 saturated heterocycles. The van der Waals surface area contributed by atoms with Crippen LogP contribution < -0.4 is 15.5 Å². The molecule has 0 amide bonds. The summed E-state index contributed by atoms with van der Waals surface area (Å²) in [6.45, 7) is 6.79. The summed E-state index contributed by atoms with van der Waals surface area (Å²) in [5, 5.41) is 3.37. The van der Waals surface area contributed by atoms with Gasteiger partial charge in [0.15, 0.2) is 11.3 Å². The molecule has 30 heavy (non-hydrogen) atoms. The third-order valence-electron chi connectivity index (χ3n) is 6.22.